The van der Waals surface area contributed by atoms with Gasteiger partial charge < -0.3 is 11.6 Å². The van der Waals surface area contributed by atoms with E-state index >= 15 is 0 Å². The first-order valence-electron chi connectivity index (χ1n) is 0.651. The van der Waals surface area contributed by atoms with Gasteiger partial charge in [-0.2, -0.15) is 0 Å². The van der Waals surface area contributed by atoms with Crippen molar-refractivity contribution in [3.8, 4) is 0 Å². The van der Waals surface area contributed by atoms with E-state index in [4.69, 9.17) is 15.0 Å². The van der Waals surface area contributed by atoms with Crippen LogP contribution in [0.1, 0.15) is 1.43 Å². The van der Waals surface area contributed by atoms with Crippen LogP contribution in [0.5, 0.6) is 0 Å². The summed E-state index contributed by atoms with van der Waals surface area (Å²) in [6.07, 6.45) is -1.83. The van der Waals surface area contributed by atoms with Crippen molar-refractivity contribution in [2.24, 2.45) is 0 Å². The standard InChI is InChI=1S/CH2O3.FH.Li.H/c2-1(3)4;;;/h(H2,2,3,4);1H;;/q;;+1;-1. The van der Waals surface area contributed by atoms with Crippen molar-refractivity contribution >= 4 is 6.16 Å². The molecule has 34 valence electrons. The Morgan fingerprint density at radius 1 is 1.50 bits per heavy atom. The average molecular weight is 90.0 g/mol. The SMILES string of the molecule is F.O=C(O)O.[H-].[Li+]. The second-order valence-corrected chi connectivity index (χ2v) is 0.283. The van der Waals surface area contributed by atoms with Crippen LogP contribution in [0.2, 0.25) is 0 Å². The largest absolute Gasteiger partial charge is 1.00 e. The molecule has 0 aliphatic heterocycles. The minimum absolute atomic E-state index is 0. The third-order valence-corrected chi connectivity index (χ3v) is 0. The van der Waals surface area contributed by atoms with E-state index in [9.17, 15) is 0 Å². The van der Waals surface area contributed by atoms with Gasteiger partial charge in [-0.25, -0.2) is 4.79 Å². The number of carboxylic acid groups (broad SMARTS) is 2. The zero-order chi connectivity index (χ0) is 3.58. The van der Waals surface area contributed by atoms with Gasteiger partial charge >= 0.3 is 25.0 Å². The van der Waals surface area contributed by atoms with E-state index in [2.05, 4.69) is 0 Å². The number of hydrogen-bond donors (Lipinski definition) is 2. The maximum absolute atomic E-state index is 8.56. The van der Waals surface area contributed by atoms with Gasteiger partial charge in [0.2, 0.25) is 0 Å². The first-order valence-corrected chi connectivity index (χ1v) is 0.651. The van der Waals surface area contributed by atoms with Gasteiger partial charge in [-0.3, -0.25) is 4.70 Å². The van der Waals surface area contributed by atoms with Crippen molar-refractivity contribution in [2.45, 2.75) is 0 Å². The maximum Gasteiger partial charge on any atom is 1.00 e. The van der Waals surface area contributed by atoms with Crippen LogP contribution in [0.25, 0.3) is 0 Å². The maximum atomic E-state index is 8.56. The molecule has 0 fully saturated rings. The van der Waals surface area contributed by atoms with E-state index in [0.717, 1.165) is 0 Å². The van der Waals surface area contributed by atoms with Gasteiger partial charge in [-0.15, -0.1) is 0 Å². The minimum atomic E-state index is -1.83. The Morgan fingerprint density at radius 3 is 1.50 bits per heavy atom. The quantitative estimate of drug-likeness (QED) is 0.323. The second kappa shape index (κ2) is 8.84. The smallest absolute Gasteiger partial charge is 1.00 e. The van der Waals surface area contributed by atoms with Crippen LogP contribution < -0.4 is 18.9 Å². The Balaban J connectivity index is -0.0000000150. The Labute approximate surface area is 47.0 Å². The summed E-state index contributed by atoms with van der Waals surface area (Å²) in [6, 6.07) is 0. The van der Waals surface area contributed by atoms with Gasteiger partial charge in [0.05, 0.1) is 0 Å². The summed E-state index contributed by atoms with van der Waals surface area (Å²) >= 11 is 0. The van der Waals surface area contributed by atoms with E-state index < -0.39 is 6.16 Å². The van der Waals surface area contributed by atoms with Crippen LogP contribution in [-0.4, -0.2) is 16.4 Å². The molecule has 0 saturated heterocycles. The number of rotatable bonds is 0. The van der Waals surface area contributed by atoms with Crippen molar-refractivity contribution in [1.82, 2.24) is 0 Å². The Kier molecular flexibility index (Phi) is 25.1. The molecule has 0 atom stereocenters. The first kappa shape index (κ1) is 17.1. The van der Waals surface area contributed by atoms with Crippen LogP contribution >= 0.6 is 0 Å². The van der Waals surface area contributed by atoms with Gasteiger partial charge in [0.1, 0.15) is 0 Å². The zero-order valence-corrected chi connectivity index (χ0v) is 3.21. The van der Waals surface area contributed by atoms with E-state index in [1.54, 1.807) is 0 Å². The fourth-order valence-electron chi connectivity index (χ4n) is 0. The molecule has 0 aromatic rings. The van der Waals surface area contributed by atoms with Crippen molar-refractivity contribution in [3.63, 3.8) is 0 Å². The molecule has 0 heterocycles. The van der Waals surface area contributed by atoms with Crippen LogP contribution in [0, 0.1) is 0 Å². The molecule has 0 aliphatic carbocycles. The van der Waals surface area contributed by atoms with Crippen molar-refractivity contribution in [1.29, 1.82) is 0 Å². The molecule has 0 saturated carbocycles. The predicted molar refractivity (Wildman–Crippen MR) is 14.3 cm³/mol. The normalized spacial score (nSPS) is 4.00. The van der Waals surface area contributed by atoms with Crippen LogP contribution in [-0.2, 0) is 0 Å². The first-order chi connectivity index (χ1) is 1.73. The summed E-state index contributed by atoms with van der Waals surface area (Å²) in [6.45, 7) is 0. The van der Waals surface area contributed by atoms with Gasteiger partial charge in [0, 0.05) is 0 Å². The van der Waals surface area contributed by atoms with E-state index in [1.165, 1.54) is 0 Å². The summed E-state index contributed by atoms with van der Waals surface area (Å²) in [7, 11) is 0. The summed E-state index contributed by atoms with van der Waals surface area (Å²) in [5.74, 6) is 0. The Morgan fingerprint density at radius 2 is 1.50 bits per heavy atom. The molecule has 0 aromatic heterocycles. The van der Waals surface area contributed by atoms with Gasteiger partial charge in [-0.05, 0) is 0 Å². The molecule has 0 aromatic carbocycles. The molecular formula is CH4FLiO3. The number of carbonyl (C=O) groups is 1. The molecule has 2 N–H and O–H groups in total. The molecule has 0 bridgehead atoms. The summed E-state index contributed by atoms with van der Waals surface area (Å²) in [5, 5.41) is 13.9. The van der Waals surface area contributed by atoms with E-state index in [0.29, 0.717) is 0 Å². The summed E-state index contributed by atoms with van der Waals surface area (Å²) < 4.78 is 0. The molecule has 0 rings (SSSR count). The van der Waals surface area contributed by atoms with Crippen LogP contribution in [0.4, 0.5) is 9.50 Å². The molecule has 0 aliphatic rings. The Bertz CT molecular complexity index is 37.9. The fourth-order valence-corrected chi connectivity index (χ4v) is 0. The van der Waals surface area contributed by atoms with Gasteiger partial charge in [0.25, 0.3) is 0 Å². The number of halogens is 1. The molecule has 6 heavy (non-hydrogen) atoms. The Hall–Kier alpha value is -0.203. The van der Waals surface area contributed by atoms with Gasteiger partial charge in [0.15, 0.2) is 0 Å². The minimum Gasteiger partial charge on any atom is -1.00 e. The fraction of sp³-hybridized carbons (Fsp3) is 0. The third-order valence-electron chi connectivity index (χ3n) is 0. The number of hydrogen-bond acceptors (Lipinski definition) is 1. The molecule has 0 radical (unpaired) electrons. The van der Waals surface area contributed by atoms with E-state index in [-0.39, 0.29) is 25.0 Å². The molecule has 5 heteroatoms. The molecule has 3 nitrogen and oxygen atoms in total. The topological polar surface area (TPSA) is 57.5 Å². The van der Waals surface area contributed by atoms with Crippen molar-refractivity contribution < 1.29 is 40.0 Å². The van der Waals surface area contributed by atoms with Crippen LogP contribution in [0.15, 0.2) is 0 Å². The molecule has 0 unspecified atom stereocenters. The van der Waals surface area contributed by atoms with E-state index in [1.807, 2.05) is 0 Å². The zero-order valence-electron chi connectivity index (χ0n) is 4.21. The van der Waals surface area contributed by atoms with Crippen molar-refractivity contribution in [3.05, 3.63) is 0 Å². The van der Waals surface area contributed by atoms with Crippen molar-refractivity contribution in [2.75, 3.05) is 0 Å². The molecule has 0 spiro atoms. The summed E-state index contributed by atoms with van der Waals surface area (Å²) in [5.41, 5.74) is 0. The second-order valence-electron chi connectivity index (χ2n) is 0.283. The molecule has 0 amide bonds. The van der Waals surface area contributed by atoms with Gasteiger partial charge in [-0.1, -0.05) is 0 Å². The molecular weight excluding hydrogens is 85.9 g/mol. The van der Waals surface area contributed by atoms with Crippen LogP contribution in [0.3, 0.4) is 0 Å². The monoisotopic (exact) mass is 90.0 g/mol. The average Bonchev–Trinajstić information content (AvgIpc) is 0.811. The summed E-state index contributed by atoms with van der Waals surface area (Å²) in [4.78, 5) is 8.56. The third kappa shape index (κ3) is 724. The predicted octanol–water partition coefficient (Wildman–Crippen LogP) is -2.51.